The number of esters is 1. The van der Waals surface area contributed by atoms with Crippen LogP contribution in [0.3, 0.4) is 0 Å². The zero-order chi connectivity index (χ0) is 36.7. The van der Waals surface area contributed by atoms with E-state index in [1.807, 2.05) is 0 Å². The molecule has 0 aliphatic rings. The molecular formula is C34H66Na4O12S2+4. The molecular weight excluding hydrogens is 756 g/mol. The van der Waals surface area contributed by atoms with Crippen LogP contribution >= 0.6 is 0 Å². The van der Waals surface area contributed by atoms with E-state index in [0.717, 1.165) is 38.5 Å². The predicted octanol–water partition coefficient (Wildman–Crippen LogP) is -3.60. The van der Waals surface area contributed by atoms with Crippen LogP contribution in [0.4, 0.5) is 0 Å². The molecule has 0 fully saturated rings. The van der Waals surface area contributed by atoms with Gasteiger partial charge >= 0.3 is 136 Å². The van der Waals surface area contributed by atoms with Gasteiger partial charge in [0, 0.05) is 0 Å². The zero-order valence-electron chi connectivity index (χ0n) is 33.6. The predicted molar refractivity (Wildman–Crippen MR) is 188 cm³/mol. The van der Waals surface area contributed by atoms with Gasteiger partial charge < -0.3 is 14.9 Å². The van der Waals surface area contributed by atoms with Crippen LogP contribution in [0.5, 0.6) is 0 Å². The minimum atomic E-state index is -4.79. The summed E-state index contributed by atoms with van der Waals surface area (Å²) in [5, 5.41) is 13.6. The van der Waals surface area contributed by atoms with Gasteiger partial charge in [-0.3, -0.25) is 23.5 Å². The minimum Gasteiger partial charge on any atom is -0.481 e. The van der Waals surface area contributed by atoms with Crippen molar-refractivity contribution in [3.63, 3.8) is 0 Å². The van der Waals surface area contributed by atoms with Gasteiger partial charge in [-0.1, -0.05) is 162 Å². The SMILES string of the molecule is CCCCCCCCCCC(C(=O)O)S(=O)(=O)O.CCCCCCCCCCCCCCCCCCOC(=O)C(CC(=O)O)S(=O)(=O)O.[Na+].[Na+].[Na+].[Na+]. The van der Waals surface area contributed by atoms with Crippen LogP contribution in [0, 0.1) is 0 Å². The number of carbonyl (C=O) groups is 3. The summed E-state index contributed by atoms with van der Waals surface area (Å²) in [6.07, 6.45) is 26.8. The third-order valence-corrected chi connectivity index (χ3v) is 10.4. The van der Waals surface area contributed by atoms with E-state index in [9.17, 15) is 31.2 Å². The second-order valence-electron chi connectivity index (χ2n) is 12.7. The Morgan fingerprint density at radius 3 is 1.04 bits per heavy atom. The fourth-order valence-electron chi connectivity index (χ4n) is 5.25. The number of carbonyl (C=O) groups excluding carboxylic acids is 1. The van der Waals surface area contributed by atoms with Gasteiger partial charge in [-0.2, -0.15) is 16.8 Å². The van der Waals surface area contributed by atoms with Gasteiger partial charge in [-0.05, 0) is 12.8 Å². The largest absolute Gasteiger partial charge is 1.00 e. The van der Waals surface area contributed by atoms with Crippen LogP contribution in [0.15, 0.2) is 0 Å². The van der Waals surface area contributed by atoms with Gasteiger partial charge in [0.05, 0.1) is 13.0 Å². The number of carboxylic acid groups (broad SMARTS) is 2. The molecule has 0 saturated heterocycles. The maximum atomic E-state index is 11.7. The summed E-state index contributed by atoms with van der Waals surface area (Å²) >= 11 is 0. The van der Waals surface area contributed by atoms with Gasteiger partial charge in [0.2, 0.25) is 0 Å². The molecule has 0 aliphatic carbocycles. The zero-order valence-corrected chi connectivity index (χ0v) is 43.3. The molecule has 0 saturated carbocycles. The molecule has 286 valence electrons. The van der Waals surface area contributed by atoms with Crippen LogP contribution in [0.2, 0.25) is 0 Å². The normalized spacial score (nSPS) is 11.9. The second-order valence-corrected chi connectivity index (χ2v) is 15.9. The summed E-state index contributed by atoms with van der Waals surface area (Å²) in [6, 6.07) is 0. The Kier molecular flexibility index (Phi) is 56.3. The van der Waals surface area contributed by atoms with E-state index in [1.165, 1.54) is 103 Å². The summed E-state index contributed by atoms with van der Waals surface area (Å²) in [6.45, 7) is 4.43. The van der Waals surface area contributed by atoms with Gasteiger partial charge in [-0.15, -0.1) is 0 Å². The number of carboxylic acids is 2. The standard InChI is InChI=1S/C22H42O7S.C12H24O5S.4Na/c1-2-3-4-5-6-7-8-9-10-11-12-13-14-15-16-17-18-29-22(25)20(19-21(23)24)30(26,27)28;1-2-3-4-5-6-7-8-9-10-11(12(13)14)18(15,16)17;;;;/h20H,2-19H2,1H3,(H,23,24)(H,26,27,28);11H,2-10H2,1H3,(H,13,14)(H,15,16,17);;;;/q;;4*+1. The van der Waals surface area contributed by atoms with E-state index in [1.54, 1.807) is 0 Å². The van der Waals surface area contributed by atoms with E-state index in [2.05, 4.69) is 13.8 Å². The van der Waals surface area contributed by atoms with Gasteiger partial charge in [-0.25, -0.2) is 0 Å². The van der Waals surface area contributed by atoms with E-state index in [4.69, 9.17) is 24.1 Å². The van der Waals surface area contributed by atoms with Crippen molar-refractivity contribution in [2.45, 2.75) is 191 Å². The number of unbranched alkanes of at least 4 members (excludes halogenated alkanes) is 22. The molecule has 0 aliphatic heterocycles. The van der Waals surface area contributed by atoms with Crippen LogP contribution in [0.1, 0.15) is 181 Å². The molecule has 52 heavy (non-hydrogen) atoms. The molecule has 0 radical (unpaired) electrons. The number of ether oxygens (including phenoxy) is 1. The van der Waals surface area contributed by atoms with Crippen LogP contribution < -0.4 is 118 Å². The summed E-state index contributed by atoms with van der Waals surface area (Å²) in [5.41, 5.74) is 0. The smallest absolute Gasteiger partial charge is 0.481 e. The maximum Gasteiger partial charge on any atom is 1.00 e. The van der Waals surface area contributed by atoms with Crippen LogP contribution in [-0.4, -0.2) is 71.2 Å². The molecule has 0 amide bonds. The third kappa shape index (κ3) is 44.9. The van der Waals surface area contributed by atoms with Crippen LogP contribution in [0.25, 0.3) is 0 Å². The quantitative estimate of drug-likeness (QED) is 0.0225. The van der Waals surface area contributed by atoms with Crippen molar-refractivity contribution in [1.82, 2.24) is 0 Å². The van der Waals surface area contributed by atoms with Crippen molar-refractivity contribution < 1.29 is 174 Å². The maximum absolute atomic E-state index is 11.7. The molecule has 0 spiro atoms. The van der Waals surface area contributed by atoms with Crippen molar-refractivity contribution in [2.24, 2.45) is 0 Å². The number of rotatable bonds is 32. The Balaban J connectivity index is -0.000000209. The Hall–Kier alpha value is 2.23. The molecule has 2 atom stereocenters. The van der Waals surface area contributed by atoms with Crippen molar-refractivity contribution >= 4 is 38.1 Å². The topological polar surface area (TPSA) is 210 Å². The molecule has 0 bridgehead atoms. The van der Waals surface area contributed by atoms with Gasteiger partial charge in [0.1, 0.15) is 0 Å². The van der Waals surface area contributed by atoms with E-state index in [-0.39, 0.29) is 131 Å². The van der Waals surface area contributed by atoms with Gasteiger partial charge in [0.15, 0.2) is 10.5 Å². The third-order valence-electron chi connectivity index (χ3n) is 8.18. The Bertz CT molecular complexity index is 1050. The van der Waals surface area contributed by atoms with Crippen molar-refractivity contribution in [1.29, 1.82) is 0 Å². The number of hydrogen-bond donors (Lipinski definition) is 4. The first-order valence-electron chi connectivity index (χ1n) is 18.2. The molecule has 2 unspecified atom stereocenters. The monoisotopic (exact) mass is 822 g/mol. The first kappa shape index (κ1) is 66.1. The first-order chi connectivity index (χ1) is 22.7. The molecule has 18 heteroatoms. The number of aliphatic carboxylic acids is 2. The summed E-state index contributed by atoms with van der Waals surface area (Å²) in [5.74, 6) is -4.17. The summed E-state index contributed by atoms with van der Waals surface area (Å²) in [4.78, 5) is 32.9. The molecule has 4 N–H and O–H groups in total. The molecule has 0 rings (SSSR count). The van der Waals surface area contributed by atoms with Gasteiger partial charge in [0.25, 0.3) is 20.2 Å². The molecule has 0 aromatic rings. The fourth-order valence-corrected chi connectivity index (χ4v) is 6.63. The van der Waals surface area contributed by atoms with Crippen molar-refractivity contribution in [2.75, 3.05) is 6.61 Å². The number of hydrogen-bond acceptors (Lipinski definition) is 8. The minimum absolute atomic E-state index is 0. The van der Waals surface area contributed by atoms with Crippen LogP contribution in [-0.2, 0) is 39.4 Å². The van der Waals surface area contributed by atoms with Crippen molar-refractivity contribution in [3.8, 4) is 0 Å². The summed E-state index contributed by atoms with van der Waals surface area (Å²) in [7, 11) is -9.26. The second kappa shape index (κ2) is 44.3. The fraction of sp³-hybridized carbons (Fsp3) is 0.912. The molecule has 0 aromatic carbocycles. The Morgan fingerprint density at radius 1 is 0.481 bits per heavy atom. The van der Waals surface area contributed by atoms with E-state index in [0.29, 0.717) is 12.8 Å². The first-order valence-corrected chi connectivity index (χ1v) is 21.2. The Labute approximate surface area is 404 Å². The molecule has 12 nitrogen and oxygen atoms in total. The average Bonchev–Trinajstić information content (AvgIpc) is 2.99. The van der Waals surface area contributed by atoms with E-state index >= 15 is 0 Å². The average molecular weight is 823 g/mol. The Morgan fingerprint density at radius 2 is 0.769 bits per heavy atom. The molecule has 0 aromatic heterocycles. The van der Waals surface area contributed by atoms with Crippen molar-refractivity contribution in [3.05, 3.63) is 0 Å². The molecule has 0 heterocycles. The van der Waals surface area contributed by atoms with E-state index < -0.39 is 55.1 Å². The summed E-state index contributed by atoms with van der Waals surface area (Å²) < 4.78 is 66.2.